The Hall–Kier alpha value is -6.20. The van der Waals surface area contributed by atoms with Crippen LogP contribution in [0, 0.1) is 47.2 Å². The van der Waals surface area contributed by atoms with Gasteiger partial charge in [0.15, 0.2) is 46.0 Å². The number of Topliss-reactive ketones (excluding diaryl/α,β-unsaturated/α-hetero) is 4. The number of methoxy groups -OCH3 is 8. The molecular formula is C80H120N4O12. The average Bonchev–Trinajstić information content (AvgIpc) is 0.679. The Morgan fingerprint density at radius 2 is 0.771 bits per heavy atom. The topological polar surface area (TPSA) is 155 Å². The minimum absolute atomic E-state index is 0. The molecule has 8 aliphatic heterocycles. The van der Waals surface area contributed by atoms with Gasteiger partial charge in [0.1, 0.15) is 23.1 Å². The van der Waals surface area contributed by atoms with Crippen molar-refractivity contribution in [3.8, 4) is 46.0 Å². The van der Waals surface area contributed by atoms with Crippen molar-refractivity contribution in [2.45, 2.75) is 184 Å². The maximum atomic E-state index is 13.6. The Labute approximate surface area is 610 Å². The normalized spacial score (nSPS) is 32.4. The van der Waals surface area contributed by atoms with E-state index in [4.69, 9.17) is 70.8 Å². The number of fused-ring (bicyclic) bond motifs is 12. The minimum Gasteiger partial charge on any atom is -0.493 e. The predicted molar refractivity (Wildman–Crippen MR) is 383 cm³/mol. The number of benzene rings is 4. The minimum atomic E-state index is -3.60. The van der Waals surface area contributed by atoms with Crippen LogP contribution in [-0.4, -0.2) is 152 Å². The van der Waals surface area contributed by atoms with E-state index in [1.54, 1.807) is 47.7 Å². The highest BCUT2D eigenvalue weighted by Gasteiger charge is 2.43. The van der Waals surface area contributed by atoms with E-state index in [0.29, 0.717) is 115 Å². The Morgan fingerprint density at radius 3 is 1.15 bits per heavy atom. The highest BCUT2D eigenvalue weighted by molar-refractivity contribution is 5.85. The molecule has 16 heteroatoms. The highest BCUT2D eigenvalue weighted by Crippen LogP contribution is 2.48. The molecule has 0 saturated carbocycles. The Balaban J connectivity index is 0.000000221. The fourth-order valence-corrected chi connectivity index (χ4v) is 13.9. The number of nitrogens with zero attached hydrogens (tertiary/aromatic N) is 4. The Bertz CT molecular complexity index is 4370. The van der Waals surface area contributed by atoms with Crippen molar-refractivity contribution in [3.05, 3.63) is 93.0 Å². The summed E-state index contributed by atoms with van der Waals surface area (Å²) >= 11 is 0. The van der Waals surface area contributed by atoms with Crippen molar-refractivity contribution < 1.29 is 90.0 Å². The van der Waals surface area contributed by atoms with E-state index in [1.807, 2.05) is 72.7 Å². The first-order valence-electron chi connectivity index (χ1n) is 44.4. The van der Waals surface area contributed by atoms with E-state index in [0.717, 1.165) is 60.1 Å². The molecule has 10 atom stereocenters. The van der Waals surface area contributed by atoms with E-state index < -0.39 is 130 Å². The van der Waals surface area contributed by atoms with Crippen LogP contribution in [0.3, 0.4) is 0 Å². The number of ether oxygens (including phenoxy) is 8. The van der Waals surface area contributed by atoms with Gasteiger partial charge in [0.05, 0.1) is 56.9 Å². The number of carbonyl (C=O) groups excluding carboxylic acids is 4. The van der Waals surface area contributed by atoms with Crippen LogP contribution in [0.15, 0.2) is 48.5 Å². The van der Waals surface area contributed by atoms with Crippen LogP contribution < -0.4 is 37.9 Å². The van der Waals surface area contributed by atoms with Gasteiger partial charge in [0, 0.05) is 159 Å². The number of carbonyl (C=O) groups is 4. The summed E-state index contributed by atoms with van der Waals surface area (Å²) in [5.41, 5.74) is 6.80. The molecule has 4 aromatic rings. The zero-order valence-electron chi connectivity index (χ0n) is 81.0. The first-order valence-corrected chi connectivity index (χ1v) is 32.4. The van der Waals surface area contributed by atoms with E-state index >= 15 is 0 Å². The summed E-state index contributed by atoms with van der Waals surface area (Å²) in [5.74, 6) is -11.1. The fourth-order valence-electron chi connectivity index (χ4n) is 13.9. The lowest BCUT2D eigenvalue weighted by molar-refractivity contribution is -0.130. The molecule has 0 aromatic heterocycles. The molecule has 4 fully saturated rings. The number of rotatable bonds is 18. The zero-order valence-corrected chi connectivity index (χ0v) is 57.0. The molecular weight excluding hydrogens is 1210 g/mol. The third-order valence-corrected chi connectivity index (χ3v) is 18.7. The molecule has 12 rings (SSSR count). The molecule has 0 radical (unpaired) electrons. The van der Waals surface area contributed by atoms with Crippen molar-refractivity contribution in [3.63, 3.8) is 0 Å². The quantitative estimate of drug-likeness (QED) is 0.0926. The third kappa shape index (κ3) is 17.6. The number of hydrogen-bond donors (Lipinski definition) is 0. The van der Waals surface area contributed by atoms with Gasteiger partial charge in [-0.3, -0.25) is 38.8 Å². The van der Waals surface area contributed by atoms with Crippen molar-refractivity contribution in [2.24, 2.45) is 47.2 Å². The van der Waals surface area contributed by atoms with Crippen molar-refractivity contribution >= 4 is 23.1 Å². The summed E-state index contributed by atoms with van der Waals surface area (Å²) in [6, 6.07) is 12.0. The molecule has 532 valence electrons. The summed E-state index contributed by atoms with van der Waals surface area (Å²) < 4.78 is 242. The maximum absolute atomic E-state index is 13.6. The molecule has 10 unspecified atom stereocenters. The van der Waals surface area contributed by atoms with Crippen LogP contribution in [-0.2, 0) is 44.9 Å². The lowest BCUT2D eigenvalue weighted by Gasteiger charge is -2.43. The second kappa shape index (κ2) is 35.0. The smallest absolute Gasteiger partial charge is 0.161 e. The van der Waals surface area contributed by atoms with Crippen LogP contribution in [0.1, 0.15) is 236 Å². The van der Waals surface area contributed by atoms with Crippen molar-refractivity contribution in [2.75, 3.05) is 109 Å². The number of piperidine rings is 4. The Morgan fingerprint density at radius 1 is 0.448 bits per heavy atom. The van der Waals surface area contributed by atoms with Crippen molar-refractivity contribution in [1.82, 2.24) is 19.6 Å². The van der Waals surface area contributed by atoms with Gasteiger partial charge in [-0.15, -0.1) is 0 Å². The highest BCUT2D eigenvalue weighted by atomic mass is 16.5. The molecule has 8 aliphatic rings. The largest absolute Gasteiger partial charge is 0.493 e. The number of hydrogen-bond acceptors (Lipinski definition) is 16. The van der Waals surface area contributed by atoms with Gasteiger partial charge >= 0.3 is 0 Å². The SMILES string of the molecule is C.C.[2H]C([2H])([2H])C([2H])(C([2H])([2H])C)C([2H])([2H])C1CN2CCc3cc(OC)c(OC)cc3C2CC1=O.[2H]C1(CC(C)C)CN2CCc3cc(OC)c(OC)cc3C2C([2H])([2H])C1=O.[2H]C1([2H])C(=O)C([2H])(C([2H])([2H])C([2H])(C([2H])([2H])[2H])C([2H])([2H])C)CN2CCc3cc(OC)c(OC)cc3C21.[2H]C1([2H])C(CC(C)C)C(=O)CC2c3cc(OC)c(OC)cc3CCN21. The molecule has 8 heterocycles. The monoisotopic (exact) mass is 1350 g/mol. The summed E-state index contributed by atoms with van der Waals surface area (Å²) in [5, 5.41) is 0. The molecule has 4 saturated heterocycles. The molecule has 0 N–H and O–H groups in total. The van der Waals surface area contributed by atoms with Crippen molar-refractivity contribution in [1.29, 1.82) is 0 Å². The lowest BCUT2D eigenvalue weighted by atomic mass is 9.79. The number of ketones is 4. The van der Waals surface area contributed by atoms with Crippen LogP contribution in [0.2, 0.25) is 0 Å². The van der Waals surface area contributed by atoms with Gasteiger partial charge in [-0.25, -0.2) is 0 Å². The third-order valence-electron chi connectivity index (χ3n) is 18.7. The lowest BCUT2D eigenvalue weighted by Crippen LogP contribution is -2.46. The van der Waals surface area contributed by atoms with Gasteiger partial charge in [-0.05, 0) is 168 Å². The zero-order chi connectivity index (χ0) is 88.9. The first-order chi connectivity index (χ1) is 54.2. The van der Waals surface area contributed by atoms with E-state index in [1.165, 1.54) is 32.3 Å². The summed E-state index contributed by atoms with van der Waals surface area (Å²) in [6.45, 7) is 2.50. The first kappa shape index (κ1) is 49.3. The van der Waals surface area contributed by atoms with Gasteiger partial charge in [-0.2, -0.15) is 0 Å². The molecule has 0 bridgehead atoms. The predicted octanol–water partition coefficient (Wildman–Crippen LogP) is 15.0. The van der Waals surface area contributed by atoms with Crippen LogP contribution in [0.4, 0.5) is 0 Å². The van der Waals surface area contributed by atoms with Crippen LogP contribution >= 0.6 is 0 Å². The molecule has 0 amide bonds. The van der Waals surface area contributed by atoms with Crippen LogP contribution in [0.25, 0.3) is 0 Å². The molecule has 96 heavy (non-hydrogen) atoms. The standard InChI is InChI=1S/2C20H29NO3.2C19H27NO3.2CH4/c2*1-5-13(2)8-15-12-21-7-6-14-9-19(23-3)20(24-4)10-16(14)17(21)11-18(15)22;2*1-12(2)7-14-11-20-6-5-13-8-18(22-3)19(23-4)9-15(13)16(20)10-17(14)21;;/h2*9-10,13,15,17H,5-8,11-12H2,1-4H3;2*8-9,12,14,16H,5-7,10-11H2,1-4H3;2*1H4/i2D3,5D2,8D2,11D2,13D,15D;2D3,5D2,8D2,13D;10D2,14D;11D2;;. The van der Waals surface area contributed by atoms with E-state index in [2.05, 4.69) is 0 Å². The van der Waals surface area contributed by atoms with Gasteiger partial charge < -0.3 is 37.9 Å². The molecule has 0 aliphatic carbocycles. The average molecular weight is 1350 g/mol. The van der Waals surface area contributed by atoms with Crippen LogP contribution in [0.5, 0.6) is 46.0 Å². The summed E-state index contributed by atoms with van der Waals surface area (Å²) in [7, 11) is 12.2. The molecule has 0 spiro atoms. The Kier molecular flexibility index (Phi) is 18.0. The maximum Gasteiger partial charge on any atom is 0.161 e. The van der Waals surface area contributed by atoms with Gasteiger partial charge in [0.25, 0.3) is 0 Å². The summed E-state index contributed by atoms with van der Waals surface area (Å²) in [6.07, 6.45) is -13.5. The van der Waals surface area contributed by atoms with Gasteiger partial charge in [-0.1, -0.05) is 82.8 Å². The molecule has 4 aromatic carbocycles. The second-order valence-corrected chi connectivity index (χ2v) is 25.4. The second-order valence-electron chi connectivity index (χ2n) is 25.4. The van der Waals surface area contributed by atoms with E-state index in [-0.39, 0.29) is 64.7 Å². The summed E-state index contributed by atoms with van der Waals surface area (Å²) in [4.78, 5) is 59.7. The fraction of sp³-hybridized carbons (Fsp3) is 0.650. The van der Waals surface area contributed by atoms with E-state index in [9.17, 15) is 19.2 Å². The van der Waals surface area contributed by atoms with Gasteiger partial charge in [0.2, 0.25) is 0 Å². The molecule has 16 nitrogen and oxygen atoms in total.